The predicted molar refractivity (Wildman–Crippen MR) is 137 cm³/mol. The molecule has 3 aliphatic rings. The predicted octanol–water partition coefficient (Wildman–Crippen LogP) is 1.89. The highest BCUT2D eigenvalue weighted by Crippen LogP contribution is 2.28. The molecule has 9 nitrogen and oxygen atoms in total. The van der Waals surface area contributed by atoms with Crippen LogP contribution in [0.2, 0.25) is 5.02 Å². The summed E-state index contributed by atoms with van der Waals surface area (Å²) >= 11 is 5.97. The Kier molecular flexibility index (Phi) is 6.80. The Labute approximate surface area is 211 Å². The van der Waals surface area contributed by atoms with E-state index in [1.54, 1.807) is 17.0 Å². The minimum Gasteiger partial charge on any atom is -0.354 e. The van der Waals surface area contributed by atoms with Crippen molar-refractivity contribution in [2.75, 3.05) is 80.7 Å². The van der Waals surface area contributed by atoms with Gasteiger partial charge in [-0.05, 0) is 38.2 Å². The van der Waals surface area contributed by atoms with Crippen molar-refractivity contribution in [1.29, 1.82) is 0 Å². The molecule has 0 saturated carbocycles. The summed E-state index contributed by atoms with van der Waals surface area (Å²) in [5, 5.41) is 0.625. The van der Waals surface area contributed by atoms with Crippen molar-refractivity contribution in [3.05, 3.63) is 41.2 Å². The van der Waals surface area contributed by atoms with E-state index in [0.717, 1.165) is 49.3 Å². The molecule has 1 aromatic carbocycles. The number of carbonyl (C=O) groups is 2. The lowest BCUT2D eigenvalue weighted by atomic mass is 10.1. The Morgan fingerprint density at radius 3 is 2.09 bits per heavy atom. The highest BCUT2D eigenvalue weighted by Gasteiger charge is 2.38. The van der Waals surface area contributed by atoms with E-state index in [1.165, 1.54) is 0 Å². The molecule has 0 spiro atoms. The van der Waals surface area contributed by atoms with Crippen molar-refractivity contribution in [3.8, 4) is 0 Å². The lowest BCUT2D eigenvalue weighted by Crippen LogP contribution is -2.51. The van der Waals surface area contributed by atoms with Gasteiger partial charge in [-0.15, -0.1) is 0 Å². The van der Waals surface area contributed by atoms with E-state index in [-0.39, 0.29) is 24.2 Å². The number of benzene rings is 1. The minimum absolute atomic E-state index is 0.0165. The zero-order chi connectivity index (χ0) is 24.5. The largest absolute Gasteiger partial charge is 0.354 e. The van der Waals surface area contributed by atoms with Crippen LogP contribution in [-0.4, -0.2) is 97.5 Å². The fraction of sp³-hybridized carbons (Fsp3) is 0.520. The third-order valence-electron chi connectivity index (χ3n) is 7.17. The van der Waals surface area contributed by atoms with Crippen molar-refractivity contribution in [1.82, 2.24) is 19.8 Å². The number of hydrogen-bond acceptors (Lipinski definition) is 7. The van der Waals surface area contributed by atoms with E-state index in [4.69, 9.17) is 11.6 Å². The topological polar surface area (TPSA) is 76.1 Å². The molecule has 3 aliphatic heterocycles. The number of carbonyl (C=O) groups excluding carboxylic acids is 2. The molecule has 1 aromatic heterocycles. The maximum Gasteiger partial charge on any atom is 0.228 e. The number of anilines is 3. The van der Waals surface area contributed by atoms with E-state index >= 15 is 0 Å². The fourth-order valence-corrected chi connectivity index (χ4v) is 5.18. The van der Waals surface area contributed by atoms with Crippen LogP contribution in [0.4, 0.5) is 17.3 Å². The maximum atomic E-state index is 13.2. The highest BCUT2D eigenvalue weighted by molar-refractivity contribution is 6.30. The molecule has 2 aromatic rings. The van der Waals surface area contributed by atoms with E-state index in [9.17, 15) is 9.59 Å². The molecular formula is C25H32ClN7O2. The fourth-order valence-electron chi connectivity index (χ4n) is 5.05. The minimum atomic E-state index is -0.310. The number of piperazine rings is 2. The Morgan fingerprint density at radius 1 is 0.914 bits per heavy atom. The number of aryl methyl sites for hydroxylation is 1. The summed E-state index contributed by atoms with van der Waals surface area (Å²) in [6.07, 6.45) is 0.251. The standard InChI is InChI=1S/C25H32ClN7O2/c1-18-27-22(30-9-7-29(2)8-10-30)16-23(28-18)31-11-13-32(14-12-31)25(35)19-15-24(34)33(17-19)21-5-3-20(26)4-6-21/h3-6,16,19H,7-15,17H2,1-2H3. The Morgan fingerprint density at radius 2 is 1.49 bits per heavy atom. The van der Waals surface area contributed by atoms with Crippen LogP contribution >= 0.6 is 11.6 Å². The van der Waals surface area contributed by atoms with Crippen LogP contribution in [0.15, 0.2) is 30.3 Å². The van der Waals surface area contributed by atoms with Gasteiger partial charge in [0.05, 0.1) is 5.92 Å². The molecule has 1 unspecified atom stereocenters. The van der Waals surface area contributed by atoms with Crippen LogP contribution in [-0.2, 0) is 9.59 Å². The van der Waals surface area contributed by atoms with E-state index < -0.39 is 0 Å². The van der Waals surface area contributed by atoms with Crippen LogP contribution in [0.1, 0.15) is 12.2 Å². The molecule has 3 fully saturated rings. The van der Waals surface area contributed by atoms with E-state index in [2.05, 4.69) is 37.8 Å². The summed E-state index contributed by atoms with van der Waals surface area (Å²) < 4.78 is 0. The van der Waals surface area contributed by atoms with Crippen LogP contribution in [0.25, 0.3) is 0 Å². The molecule has 3 saturated heterocycles. The second-order valence-electron chi connectivity index (χ2n) is 9.62. The maximum absolute atomic E-state index is 13.2. The molecular weight excluding hydrogens is 466 g/mol. The molecule has 2 amide bonds. The van der Waals surface area contributed by atoms with Crippen molar-refractivity contribution in [2.45, 2.75) is 13.3 Å². The Hall–Kier alpha value is -2.91. The van der Waals surface area contributed by atoms with Gasteiger partial charge in [0, 0.05) is 82.1 Å². The molecule has 0 bridgehead atoms. The third-order valence-corrected chi connectivity index (χ3v) is 7.42. The molecule has 10 heteroatoms. The smallest absolute Gasteiger partial charge is 0.228 e. The van der Waals surface area contributed by atoms with Gasteiger partial charge >= 0.3 is 0 Å². The second kappa shape index (κ2) is 9.99. The molecule has 5 rings (SSSR count). The van der Waals surface area contributed by atoms with Crippen molar-refractivity contribution < 1.29 is 9.59 Å². The van der Waals surface area contributed by atoms with Gasteiger partial charge in [-0.25, -0.2) is 9.97 Å². The number of aromatic nitrogens is 2. The first-order valence-electron chi connectivity index (χ1n) is 12.3. The number of hydrogen-bond donors (Lipinski definition) is 0. The molecule has 4 heterocycles. The van der Waals surface area contributed by atoms with Crippen molar-refractivity contribution >= 4 is 40.7 Å². The summed E-state index contributed by atoms with van der Waals surface area (Å²) in [5.41, 5.74) is 0.787. The van der Waals surface area contributed by atoms with Gasteiger partial charge in [-0.1, -0.05) is 11.6 Å². The van der Waals surface area contributed by atoms with Crippen LogP contribution in [0, 0.1) is 12.8 Å². The zero-order valence-electron chi connectivity index (χ0n) is 20.4. The number of rotatable bonds is 4. The highest BCUT2D eigenvalue weighted by atomic mass is 35.5. The molecule has 0 aliphatic carbocycles. The van der Waals surface area contributed by atoms with Gasteiger partial charge in [0.25, 0.3) is 0 Å². The summed E-state index contributed by atoms with van der Waals surface area (Å²) in [7, 11) is 2.14. The average Bonchev–Trinajstić information content (AvgIpc) is 3.25. The number of nitrogens with zero attached hydrogens (tertiary/aromatic N) is 7. The molecule has 1 atom stereocenters. The van der Waals surface area contributed by atoms with Gasteiger partial charge in [-0.3, -0.25) is 9.59 Å². The SMILES string of the molecule is Cc1nc(N2CCN(C)CC2)cc(N2CCN(C(=O)C3CC(=O)N(c4ccc(Cl)cc4)C3)CC2)n1. The lowest BCUT2D eigenvalue weighted by Gasteiger charge is -2.37. The molecule has 186 valence electrons. The molecule has 0 radical (unpaired) electrons. The molecule has 0 N–H and O–H groups in total. The van der Waals surface area contributed by atoms with Crippen LogP contribution < -0.4 is 14.7 Å². The first-order valence-corrected chi connectivity index (χ1v) is 12.6. The third kappa shape index (κ3) is 5.21. The van der Waals surface area contributed by atoms with E-state index in [0.29, 0.717) is 37.7 Å². The first-order chi connectivity index (χ1) is 16.9. The second-order valence-corrected chi connectivity index (χ2v) is 10.1. The summed E-state index contributed by atoms with van der Waals surface area (Å²) in [5.74, 6) is 2.40. The van der Waals surface area contributed by atoms with Gasteiger partial charge in [0.2, 0.25) is 11.8 Å². The Balaban J connectivity index is 1.19. The van der Waals surface area contributed by atoms with Crippen LogP contribution in [0.5, 0.6) is 0 Å². The van der Waals surface area contributed by atoms with Gasteiger partial charge in [-0.2, -0.15) is 0 Å². The zero-order valence-corrected chi connectivity index (χ0v) is 21.1. The Bertz CT molecular complexity index is 1080. The number of halogens is 1. The number of amides is 2. The monoisotopic (exact) mass is 497 g/mol. The van der Waals surface area contributed by atoms with Gasteiger partial charge in [0.1, 0.15) is 17.5 Å². The van der Waals surface area contributed by atoms with Crippen molar-refractivity contribution in [3.63, 3.8) is 0 Å². The quantitative estimate of drug-likeness (QED) is 0.638. The number of likely N-dealkylation sites (N-methyl/N-ethyl adjacent to an activating group) is 1. The molecule has 35 heavy (non-hydrogen) atoms. The first kappa shape index (κ1) is 23.8. The average molecular weight is 498 g/mol. The lowest BCUT2D eigenvalue weighted by molar-refractivity contribution is -0.136. The van der Waals surface area contributed by atoms with Crippen molar-refractivity contribution in [2.24, 2.45) is 5.92 Å². The normalized spacial score (nSPS) is 21.7. The van der Waals surface area contributed by atoms with Gasteiger partial charge < -0.3 is 24.5 Å². The van der Waals surface area contributed by atoms with Crippen LogP contribution in [0.3, 0.4) is 0 Å². The summed E-state index contributed by atoms with van der Waals surface area (Å²) in [6.45, 7) is 9.00. The van der Waals surface area contributed by atoms with E-state index in [1.807, 2.05) is 24.0 Å². The summed E-state index contributed by atoms with van der Waals surface area (Å²) in [6, 6.07) is 9.26. The summed E-state index contributed by atoms with van der Waals surface area (Å²) in [4.78, 5) is 45.7. The van der Waals surface area contributed by atoms with Gasteiger partial charge in [0.15, 0.2) is 0 Å².